The van der Waals surface area contributed by atoms with Gasteiger partial charge in [-0.25, -0.2) is 0 Å². The van der Waals surface area contributed by atoms with E-state index in [1.54, 1.807) is 11.8 Å². The summed E-state index contributed by atoms with van der Waals surface area (Å²) >= 11 is 0. The molecule has 0 aromatic heterocycles. The van der Waals surface area contributed by atoms with E-state index in [4.69, 9.17) is 0 Å². The van der Waals surface area contributed by atoms with Crippen molar-refractivity contribution in [1.82, 2.24) is 4.90 Å². The molecule has 172 valence electrons. The molecular weight excluding hydrogens is 434 g/mol. The van der Waals surface area contributed by atoms with Crippen molar-refractivity contribution in [3.63, 3.8) is 0 Å². The minimum Gasteiger partial charge on any atom is -0.368 e. The van der Waals surface area contributed by atoms with Crippen LogP contribution in [0, 0.1) is 12.8 Å². The molecule has 32 heavy (non-hydrogen) atoms. The zero-order chi connectivity index (χ0) is 23.3. The van der Waals surface area contributed by atoms with Crippen molar-refractivity contribution in [3.8, 4) is 0 Å². The second-order valence-electron chi connectivity index (χ2n) is 8.38. The Kier molecular flexibility index (Phi) is 5.63. The molecule has 2 aliphatic rings. The van der Waals surface area contributed by atoms with Gasteiger partial charge >= 0.3 is 12.4 Å². The van der Waals surface area contributed by atoms with Crippen LogP contribution in [0.25, 0.3) is 0 Å². The minimum absolute atomic E-state index is 0.0460. The van der Waals surface area contributed by atoms with E-state index in [-0.39, 0.29) is 17.7 Å². The van der Waals surface area contributed by atoms with Crippen molar-refractivity contribution >= 4 is 11.6 Å². The van der Waals surface area contributed by atoms with Crippen LogP contribution in [0.15, 0.2) is 42.5 Å². The molecule has 1 saturated heterocycles. The van der Waals surface area contributed by atoms with Crippen LogP contribution in [-0.4, -0.2) is 37.0 Å². The maximum Gasteiger partial charge on any atom is 0.416 e. The summed E-state index contributed by atoms with van der Waals surface area (Å²) in [6.07, 6.45) is -8.22. The third kappa shape index (κ3) is 4.56. The number of hydrogen-bond donors (Lipinski definition) is 0. The number of halogens is 6. The standard InChI is InChI=1S/C23H22F6N2O/c1-14-2-5-17(23(27,28)29)12-20(14)30-8-10-31(11-9-30)21(32)19-13-18(19)15-3-6-16(7-4-15)22(24,25)26/h2-7,12,18-19H,8-11,13H2,1H3. The number of nitrogens with zero attached hydrogens (tertiary/aromatic N) is 2. The van der Waals surface area contributed by atoms with Gasteiger partial charge in [-0.05, 0) is 54.7 Å². The molecule has 1 heterocycles. The number of amides is 1. The van der Waals surface area contributed by atoms with E-state index in [2.05, 4.69) is 0 Å². The maximum absolute atomic E-state index is 13.1. The van der Waals surface area contributed by atoms with Crippen molar-refractivity contribution in [3.05, 3.63) is 64.7 Å². The molecule has 0 radical (unpaired) electrons. The number of carbonyl (C=O) groups excluding carboxylic acids is 1. The topological polar surface area (TPSA) is 23.6 Å². The van der Waals surface area contributed by atoms with Crippen LogP contribution < -0.4 is 4.90 Å². The number of carbonyl (C=O) groups is 1. The molecule has 0 spiro atoms. The van der Waals surface area contributed by atoms with Gasteiger partial charge in [-0.15, -0.1) is 0 Å². The molecule has 1 amide bonds. The molecule has 2 aromatic carbocycles. The molecule has 0 N–H and O–H groups in total. The lowest BCUT2D eigenvalue weighted by molar-refractivity contribution is -0.138. The highest BCUT2D eigenvalue weighted by atomic mass is 19.4. The highest BCUT2D eigenvalue weighted by Gasteiger charge is 2.46. The summed E-state index contributed by atoms with van der Waals surface area (Å²) < 4.78 is 77.4. The van der Waals surface area contributed by atoms with Gasteiger partial charge in [0.05, 0.1) is 11.1 Å². The molecule has 1 aliphatic carbocycles. The fourth-order valence-electron chi connectivity index (χ4n) is 4.28. The Labute approximate surface area is 181 Å². The van der Waals surface area contributed by atoms with Gasteiger partial charge in [0.1, 0.15) is 0 Å². The fourth-order valence-corrected chi connectivity index (χ4v) is 4.28. The molecule has 4 rings (SSSR count). The lowest BCUT2D eigenvalue weighted by Crippen LogP contribution is -2.49. The molecule has 2 unspecified atom stereocenters. The van der Waals surface area contributed by atoms with Gasteiger partial charge in [0.25, 0.3) is 0 Å². The van der Waals surface area contributed by atoms with E-state index in [0.29, 0.717) is 38.3 Å². The summed E-state index contributed by atoms with van der Waals surface area (Å²) in [5.41, 5.74) is 0.553. The number of aryl methyl sites for hydroxylation is 1. The van der Waals surface area contributed by atoms with Gasteiger partial charge in [-0.2, -0.15) is 26.3 Å². The lowest BCUT2D eigenvalue weighted by atomic mass is 10.1. The number of rotatable bonds is 3. The van der Waals surface area contributed by atoms with Crippen molar-refractivity contribution < 1.29 is 31.1 Å². The van der Waals surface area contributed by atoms with E-state index in [1.807, 2.05) is 4.90 Å². The summed E-state index contributed by atoms with van der Waals surface area (Å²) in [7, 11) is 0. The number of hydrogen-bond acceptors (Lipinski definition) is 2. The summed E-state index contributed by atoms with van der Waals surface area (Å²) in [6, 6.07) is 8.58. The van der Waals surface area contributed by atoms with Crippen molar-refractivity contribution in [1.29, 1.82) is 0 Å². The van der Waals surface area contributed by atoms with Gasteiger partial charge in [0, 0.05) is 37.8 Å². The maximum atomic E-state index is 13.1. The highest BCUT2D eigenvalue weighted by Crippen LogP contribution is 2.49. The number of anilines is 1. The van der Waals surface area contributed by atoms with Crippen LogP contribution in [0.3, 0.4) is 0 Å². The Bertz CT molecular complexity index is 991. The Morgan fingerprint density at radius 1 is 0.844 bits per heavy atom. The Morgan fingerprint density at radius 3 is 1.97 bits per heavy atom. The van der Waals surface area contributed by atoms with Gasteiger partial charge in [-0.1, -0.05) is 18.2 Å². The van der Waals surface area contributed by atoms with Crippen LogP contribution in [0.1, 0.15) is 34.6 Å². The van der Waals surface area contributed by atoms with E-state index in [9.17, 15) is 31.1 Å². The number of benzene rings is 2. The summed E-state index contributed by atoms with van der Waals surface area (Å²) in [6.45, 7) is 3.39. The number of piperazine rings is 1. The molecule has 9 heteroatoms. The number of alkyl halides is 6. The minimum atomic E-state index is -4.42. The average Bonchev–Trinajstić information content (AvgIpc) is 3.53. The molecule has 0 bridgehead atoms. The molecular formula is C23H22F6N2O. The average molecular weight is 456 g/mol. The van der Waals surface area contributed by atoms with Crippen LogP contribution in [0.2, 0.25) is 0 Å². The first-order valence-electron chi connectivity index (χ1n) is 10.3. The first-order chi connectivity index (χ1) is 14.9. The van der Waals surface area contributed by atoms with Gasteiger partial charge in [0.15, 0.2) is 0 Å². The van der Waals surface area contributed by atoms with E-state index < -0.39 is 23.5 Å². The monoisotopic (exact) mass is 456 g/mol. The summed E-state index contributed by atoms with van der Waals surface area (Å²) in [5, 5.41) is 0. The quantitative estimate of drug-likeness (QED) is 0.571. The third-order valence-electron chi connectivity index (χ3n) is 6.24. The SMILES string of the molecule is Cc1ccc(C(F)(F)F)cc1N1CCN(C(=O)C2CC2c2ccc(C(F)(F)F)cc2)CC1. The second-order valence-corrected chi connectivity index (χ2v) is 8.38. The lowest BCUT2D eigenvalue weighted by Gasteiger charge is -2.37. The molecule has 1 aliphatic heterocycles. The highest BCUT2D eigenvalue weighted by molar-refractivity contribution is 5.83. The van der Waals surface area contributed by atoms with Crippen molar-refractivity contribution in [2.75, 3.05) is 31.1 Å². The first-order valence-corrected chi connectivity index (χ1v) is 10.3. The smallest absolute Gasteiger partial charge is 0.368 e. The third-order valence-corrected chi connectivity index (χ3v) is 6.24. The van der Waals surface area contributed by atoms with Crippen LogP contribution in [-0.2, 0) is 17.1 Å². The Balaban J connectivity index is 1.36. The molecule has 2 atom stereocenters. The van der Waals surface area contributed by atoms with Crippen LogP contribution in [0.5, 0.6) is 0 Å². The molecule has 2 aromatic rings. The molecule has 2 fully saturated rings. The molecule has 1 saturated carbocycles. The van der Waals surface area contributed by atoms with Crippen LogP contribution in [0.4, 0.5) is 32.0 Å². The zero-order valence-electron chi connectivity index (χ0n) is 17.3. The summed E-state index contributed by atoms with van der Waals surface area (Å²) in [5.74, 6) is -0.391. The second kappa shape index (κ2) is 8.01. The van der Waals surface area contributed by atoms with E-state index >= 15 is 0 Å². The summed E-state index contributed by atoms with van der Waals surface area (Å²) in [4.78, 5) is 16.4. The van der Waals surface area contributed by atoms with E-state index in [0.717, 1.165) is 35.4 Å². The Morgan fingerprint density at radius 2 is 1.41 bits per heavy atom. The normalized spacial score (nSPS) is 21.6. The van der Waals surface area contributed by atoms with Crippen molar-refractivity contribution in [2.45, 2.75) is 31.6 Å². The van der Waals surface area contributed by atoms with Crippen LogP contribution >= 0.6 is 0 Å². The zero-order valence-corrected chi connectivity index (χ0v) is 17.3. The largest absolute Gasteiger partial charge is 0.416 e. The Hall–Kier alpha value is -2.71. The first kappa shape index (κ1) is 22.5. The van der Waals surface area contributed by atoms with Crippen molar-refractivity contribution in [2.24, 2.45) is 5.92 Å². The van der Waals surface area contributed by atoms with E-state index in [1.165, 1.54) is 18.2 Å². The molecule has 3 nitrogen and oxygen atoms in total. The van der Waals surface area contributed by atoms with Gasteiger partial charge in [-0.3, -0.25) is 4.79 Å². The fraction of sp³-hybridized carbons (Fsp3) is 0.435. The predicted molar refractivity (Wildman–Crippen MR) is 107 cm³/mol. The van der Waals surface area contributed by atoms with Gasteiger partial charge in [0.2, 0.25) is 5.91 Å². The predicted octanol–water partition coefficient (Wildman–Crippen LogP) is 5.48. The van der Waals surface area contributed by atoms with Gasteiger partial charge < -0.3 is 9.80 Å².